The summed E-state index contributed by atoms with van der Waals surface area (Å²) in [5.41, 5.74) is -0.279. The Bertz CT molecular complexity index is 599. The molecule has 90 valence electrons. The van der Waals surface area contributed by atoms with Gasteiger partial charge in [-0.25, -0.2) is 4.79 Å². The van der Waals surface area contributed by atoms with E-state index in [0.29, 0.717) is 10.9 Å². The van der Waals surface area contributed by atoms with Gasteiger partial charge in [-0.05, 0) is 24.6 Å². The molecule has 0 unspecified atom stereocenters. The Labute approximate surface area is 93.9 Å². The van der Waals surface area contributed by atoms with Crippen LogP contribution in [0.25, 0.3) is 10.9 Å². The van der Waals surface area contributed by atoms with Crippen LogP contribution in [0.4, 0.5) is 13.2 Å². The molecule has 0 aliphatic rings. The smallest absolute Gasteiger partial charge is 0.416 e. The van der Waals surface area contributed by atoms with Gasteiger partial charge in [-0.15, -0.1) is 0 Å². The van der Waals surface area contributed by atoms with Crippen molar-refractivity contribution >= 4 is 16.9 Å². The molecule has 2 rings (SSSR count). The lowest BCUT2D eigenvalue weighted by Gasteiger charge is -2.05. The van der Waals surface area contributed by atoms with E-state index in [1.165, 1.54) is 6.07 Å². The minimum atomic E-state index is -4.43. The molecule has 2 N–H and O–H groups in total. The van der Waals surface area contributed by atoms with Crippen LogP contribution < -0.4 is 0 Å². The fourth-order valence-electron chi connectivity index (χ4n) is 1.73. The first kappa shape index (κ1) is 11.5. The van der Waals surface area contributed by atoms with Crippen LogP contribution in [0.5, 0.6) is 0 Å². The third kappa shape index (κ3) is 1.86. The zero-order chi connectivity index (χ0) is 12.8. The number of carboxylic acid groups (broad SMARTS) is 1. The van der Waals surface area contributed by atoms with E-state index in [4.69, 9.17) is 5.11 Å². The van der Waals surface area contributed by atoms with Crippen molar-refractivity contribution in [3.63, 3.8) is 0 Å². The number of alkyl halides is 3. The highest BCUT2D eigenvalue weighted by Gasteiger charge is 2.31. The minimum absolute atomic E-state index is 0.0840. The van der Waals surface area contributed by atoms with Crippen LogP contribution in [0.3, 0.4) is 0 Å². The standard InChI is InChI=1S/C11H8F3NO2/c1-5-7-3-2-6(11(12,13)14)4-8(7)15-9(5)10(16)17/h2-4,15H,1H3,(H,16,17). The van der Waals surface area contributed by atoms with Crippen LogP contribution in [0.15, 0.2) is 18.2 Å². The molecule has 0 radical (unpaired) electrons. The number of fused-ring (bicyclic) bond motifs is 1. The quantitative estimate of drug-likeness (QED) is 0.808. The molecular weight excluding hydrogens is 235 g/mol. The number of carboxylic acids is 1. The van der Waals surface area contributed by atoms with E-state index in [2.05, 4.69) is 4.98 Å². The summed E-state index contributed by atoms with van der Waals surface area (Å²) in [6.07, 6.45) is -4.43. The number of aromatic amines is 1. The van der Waals surface area contributed by atoms with Gasteiger partial charge in [-0.3, -0.25) is 0 Å². The summed E-state index contributed by atoms with van der Waals surface area (Å²) in [6.45, 7) is 1.55. The number of hydrogen-bond acceptors (Lipinski definition) is 1. The number of aromatic carboxylic acids is 1. The van der Waals surface area contributed by atoms with E-state index in [0.717, 1.165) is 12.1 Å². The van der Waals surface area contributed by atoms with Gasteiger partial charge in [0.15, 0.2) is 0 Å². The third-order valence-corrected chi connectivity index (χ3v) is 2.60. The molecule has 0 spiro atoms. The fourth-order valence-corrected chi connectivity index (χ4v) is 1.73. The lowest BCUT2D eigenvalue weighted by atomic mass is 10.1. The molecule has 3 nitrogen and oxygen atoms in total. The van der Waals surface area contributed by atoms with E-state index in [-0.39, 0.29) is 11.2 Å². The third-order valence-electron chi connectivity index (χ3n) is 2.60. The number of rotatable bonds is 1. The van der Waals surface area contributed by atoms with Crippen molar-refractivity contribution in [1.29, 1.82) is 0 Å². The molecule has 0 fully saturated rings. The van der Waals surface area contributed by atoms with Crippen LogP contribution in [0, 0.1) is 6.92 Å². The van der Waals surface area contributed by atoms with Crippen molar-refractivity contribution < 1.29 is 23.1 Å². The molecular formula is C11H8F3NO2. The van der Waals surface area contributed by atoms with Crippen LogP contribution in [0.1, 0.15) is 21.6 Å². The molecule has 1 aromatic carbocycles. The number of benzene rings is 1. The van der Waals surface area contributed by atoms with Crippen molar-refractivity contribution in [3.05, 3.63) is 35.0 Å². The van der Waals surface area contributed by atoms with Crippen LogP contribution in [0.2, 0.25) is 0 Å². The summed E-state index contributed by atoms with van der Waals surface area (Å²) in [4.78, 5) is 13.3. The SMILES string of the molecule is Cc1c(C(=O)O)[nH]c2cc(C(F)(F)F)ccc12. The number of halogens is 3. The molecule has 0 aliphatic heterocycles. The number of H-pyrrole nitrogens is 1. The Hall–Kier alpha value is -1.98. The maximum Gasteiger partial charge on any atom is 0.416 e. The van der Waals surface area contributed by atoms with E-state index in [1.54, 1.807) is 6.92 Å². The summed E-state index contributed by atoms with van der Waals surface area (Å²) >= 11 is 0. The molecule has 6 heteroatoms. The van der Waals surface area contributed by atoms with Gasteiger partial charge in [-0.2, -0.15) is 13.2 Å². The van der Waals surface area contributed by atoms with Crippen LogP contribution in [-0.4, -0.2) is 16.1 Å². The number of aryl methyl sites for hydroxylation is 1. The van der Waals surface area contributed by atoms with Gasteiger partial charge in [0.05, 0.1) is 5.56 Å². The number of hydrogen-bond donors (Lipinski definition) is 2. The van der Waals surface area contributed by atoms with Crippen molar-refractivity contribution in [2.45, 2.75) is 13.1 Å². The highest BCUT2D eigenvalue weighted by Crippen LogP contribution is 2.32. The zero-order valence-corrected chi connectivity index (χ0v) is 8.72. The predicted octanol–water partition coefficient (Wildman–Crippen LogP) is 3.19. The van der Waals surface area contributed by atoms with Gasteiger partial charge in [0.1, 0.15) is 5.69 Å². The first-order valence-corrected chi connectivity index (χ1v) is 4.73. The second-order valence-corrected chi connectivity index (χ2v) is 3.69. The first-order valence-electron chi connectivity index (χ1n) is 4.73. The van der Waals surface area contributed by atoms with E-state index in [9.17, 15) is 18.0 Å². The van der Waals surface area contributed by atoms with Gasteiger partial charge >= 0.3 is 12.1 Å². The topological polar surface area (TPSA) is 53.1 Å². The molecule has 1 aromatic heterocycles. The summed E-state index contributed by atoms with van der Waals surface area (Å²) in [7, 11) is 0. The van der Waals surface area contributed by atoms with Crippen molar-refractivity contribution in [3.8, 4) is 0 Å². The molecule has 0 atom stereocenters. The molecule has 0 saturated carbocycles. The van der Waals surface area contributed by atoms with Gasteiger partial charge < -0.3 is 10.1 Å². The molecule has 0 aliphatic carbocycles. The lowest BCUT2D eigenvalue weighted by molar-refractivity contribution is -0.137. The summed E-state index contributed by atoms with van der Waals surface area (Å²) in [6, 6.07) is 3.13. The number of nitrogens with one attached hydrogen (secondary N) is 1. The van der Waals surface area contributed by atoms with Gasteiger partial charge in [0.25, 0.3) is 0 Å². The Morgan fingerprint density at radius 2 is 2.00 bits per heavy atom. The van der Waals surface area contributed by atoms with E-state index in [1.807, 2.05) is 0 Å². The van der Waals surface area contributed by atoms with Crippen molar-refractivity contribution in [2.24, 2.45) is 0 Å². The monoisotopic (exact) mass is 243 g/mol. The Kier molecular flexibility index (Phi) is 2.38. The maximum absolute atomic E-state index is 12.5. The van der Waals surface area contributed by atoms with E-state index >= 15 is 0 Å². The summed E-state index contributed by atoms with van der Waals surface area (Å²) in [5.74, 6) is -1.19. The highest BCUT2D eigenvalue weighted by molar-refractivity contribution is 5.97. The Morgan fingerprint density at radius 3 is 2.53 bits per heavy atom. The Balaban J connectivity index is 2.68. The van der Waals surface area contributed by atoms with Gasteiger partial charge in [0.2, 0.25) is 0 Å². The largest absolute Gasteiger partial charge is 0.477 e. The van der Waals surface area contributed by atoms with Crippen LogP contribution in [-0.2, 0) is 6.18 Å². The molecule has 1 heterocycles. The predicted molar refractivity (Wildman–Crippen MR) is 55.0 cm³/mol. The maximum atomic E-state index is 12.5. The van der Waals surface area contributed by atoms with Crippen LogP contribution >= 0.6 is 0 Å². The second kappa shape index (κ2) is 3.51. The summed E-state index contributed by atoms with van der Waals surface area (Å²) < 4.78 is 37.4. The normalized spacial score (nSPS) is 12.0. The molecule has 0 amide bonds. The second-order valence-electron chi connectivity index (χ2n) is 3.69. The van der Waals surface area contributed by atoms with Crippen molar-refractivity contribution in [1.82, 2.24) is 4.98 Å². The van der Waals surface area contributed by atoms with Gasteiger partial charge in [0, 0.05) is 10.9 Å². The number of carbonyl (C=O) groups is 1. The van der Waals surface area contributed by atoms with E-state index < -0.39 is 17.7 Å². The first-order chi connectivity index (χ1) is 7.80. The average molecular weight is 243 g/mol. The minimum Gasteiger partial charge on any atom is -0.477 e. The molecule has 0 bridgehead atoms. The molecule has 0 saturated heterocycles. The number of aromatic nitrogens is 1. The molecule has 17 heavy (non-hydrogen) atoms. The zero-order valence-electron chi connectivity index (χ0n) is 8.72. The summed E-state index contributed by atoms with van der Waals surface area (Å²) in [5, 5.41) is 9.32. The average Bonchev–Trinajstić information content (AvgIpc) is 2.54. The molecule has 2 aromatic rings. The fraction of sp³-hybridized carbons (Fsp3) is 0.182. The Morgan fingerprint density at radius 1 is 1.35 bits per heavy atom. The van der Waals surface area contributed by atoms with Gasteiger partial charge in [-0.1, -0.05) is 6.07 Å². The highest BCUT2D eigenvalue weighted by atomic mass is 19.4. The van der Waals surface area contributed by atoms with Crippen molar-refractivity contribution in [2.75, 3.05) is 0 Å². The lowest BCUT2D eigenvalue weighted by Crippen LogP contribution is -2.04.